The Bertz CT molecular complexity index is 1040. The fourth-order valence-corrected chi connectivity index (χ4v) is 5.87. The lowest BCUT2D eigenvalue weighted by atomic mass is 9.78. The number of rotatable bonds is 9. The van der Waals surface area contributed by atoms with E-state index in [-0.39, 0.29) is 24.3 Å². The molecule has 4 rings (SSSR count). The van der Waals surface area contributed by atoms with Gasteiger partial charge >= 0.3 is 12.3 Å². The SMILES string of the molecule is CCCCOc1ccc(C2CCC(C(F)(F)OC3CCC(c4cc(F)c(C(F)(F)F)c(F)c4)CC3)CC2)cc1. The molecular formula is C30H35F7O2. The van der Waals surface area contributed by atoms with Crippen molar-refractivity contribution in [1.29, 1.82) is 0 Å². The number of benzene rings is 2. The Labute approximate surface area is 224 Å². The highest BCUT2D eigenvalue weighted by atomic mass is 19.4. The molecule has 2 aromatic rings. The molecule has 0 unspecified atom stereocenters. The van der Waals surface area contributed by atoms with Crippen LogP contribution in [0.4, 0.5) is 30.7 Å². The summed E-state index contributed by atoms with van der Waals surface area (Å²) in [5, 5.41) is 0. The second-order valence-corrected chi connectivity index (χ2v) is 10.8. The number of alkyl halides is 5. The minimum Gasteiger partial charge on any atom is -0.494 e. The molecular weight excluding hydrogens is 525 g/mol. The van der Waals surface area contributed by atoms with E-state index >= 15 is 8.78 Å². The Hall–Kier alpha value is -2.29. The standard InChI is InChI=1S/C30H35F7O2/c1-2-3-16-38-24-12-6-20(7-13-24)19-4-10-23(11-5-19)30(36,37)39-25-14-8-21(9-15-25)22-17-26(31)28(27(32)18-22)29(33,34)35/h6-7,12-13,17-19,21,23,25H,2-5,8-11,14-16H2,1H3. The maximum atomic E-state index is 15.1. The van der Waals surface area contributed by atoms with Gasteiger partial charge in [0, 0.05) is 0 Å². The third kappa shape index (κ3) is 7.47. The zero-order valence-electron chi connectivity index (χ0n) is 22.0. The van der Waals surface area contributed by atoms with Crippen molar-refractivity contribution >= 4 is 0 Å². The largest absolute Gasteiger partial charge is 0.494 e. The van der Waals surface area contributed by atoms with Crippen LogP contribution in [-0.4, -0.2) is 18.8 Å². The van der Waals surface area contributed by atoms with Gasteiger partial charge in [-0.2, -0.15) is 22.0 Å². The third-order valence-corrected chi connectivity index (χ3v) is 8.14. The fraction of sp³-hybridized carbons (Fsp3) is 0.600. The molecule has 0 spiro atoms. The Morgan fingerprint density at radius 2 is 1.28 bits per heavy atom. The molecule has 216 valence electrons. The molecule has 39 heavy (non-hydrogen) atoms. The molecule has 2 aliphatic rings. The Kier molecular flexibility index (Phi) is 9.50. The molecule has 0 heterocycles. The normalized spacial score (nSPS) is 24.5. The quantitative estimate of drug-likeness (QED) is 0.225. The third-order valence-electron chi connectivity index (χ3n) is 8.14. The number of halogens is 7. The summed E-state index contributed by atoms with van der Waals surface area (Å²) in [4.78, 5) is 0. The lowest BCUT2D eigenvalue weighted by molar-refractivity contribution is -0.300. The van der Waals surface area contributed by atoms with Gasteiger partial charge in [0.05, 0.1) is 18.6 Å². The van der Waals surface area contributed by atoms with Crippen LogP contribution in [0.5, 0.6) is 5.75 Å². The minimum absolute atomic E-state index is 0.113. The van der Waals surface area contributed by atoms with Crippen molar-refractivity contribution in [2.75, 3.05) is 6.61 Å². The second kappa shape index (κ2) is 12.5. The average molecular weight is 561 g/mol. The average Bonchev–Trinajstić information content (AvgIpc) is 2.88. The highest BCUT2D eigenvalue weighted by Gasteiger charge is 2.45. The Morgan fingerprint density at radius 1 is 0.744 bits per heavy atom. The maximum absolute atomic E-state index is 15.1. The van der Waals surface area contributed by atoms with Crippen LogP contribution in [0.3, 0.4) is 0 Å². The molecule has 9 heteroatoms. The molecule has 2 saturated carbocycles. The van der Waals surface area contributed by atoms with E-state index in [1.807, 2.05) is 24.3 Å². The van der Waals surface area contributed by atoms with E-state index in [2.05, 4.69) is 6.92 Å². The van der Waals surface area contributed by atoms with Gasteiger partial charge in [-0.1, -0.05) is 25.5 Å². The van der Waals surface area contributed by atoms with Crippen LogP contribution in [0.1, 0.15) is 99.7 Å². The van der Waals surface area contributed by atoms with Crippen molar-refractivity contribution in [2.24, 2.45) is 5.92 Å². The van der Waals surface area contributed by atoms with Crippen LogP contribution in [0.25, 0.3) is 0 Å². The number of ether oxygens (including phenoxy) is 2. The molecule has 0 amide bonds. The maximum Gasteiger partial charge on any atom is 0.422 e. The summed E-state index contributed by atoms with van der Waals surface area (Å²) in [6, 6.07) is 9.29. The molecule has 0 atom stereocenters. The lowest BCUT2D eigenvalue weighted by Gasteiger charge is -2.37. The van der Waals surface area contributed by atoms with Crippen LogP contribution in [-0.2, 0) is 10.9 Å². The highest BCUT2D eigenvalue weighted by molar-refractivity contribution is 5.31. The van der Waals surface area contributed by atoms with Crippen molar-refractivity contribution in [1.82, 2.24) is 0 Å². The fourth-order valence-electron chi connectivity index (χ4n) is 5.87. The first-order valence-electron chi connectivity index (χ1n) is 13.8. The topological polar surface area (TPSA) is 18.5 Å². The predicted octanol–water partition coefficient (Wildman–Crippen LogP) is 9.77. The summed E-state index contributed by atoms with van der Waals surface area (Å²) in [7, 11) is 0. The van der Waals surface area contributed by atoms with Crippen LogP contribution in [0.15, 0.2) is 36.4 Å². The Morgan fingerprint density at radius 3 is 1.82 bits per heavy atom. The van der Waals surface area contributed by atoms with E-state index in [0.29, 0.717) is 57.3 Å². The molecule has 2 aromatic carbocycles. The summed E-state index contributed by atoms with van der Waals surface area (Å²) in [6.45, 7) is 2.77. The van der Waals surface area contributed by atoms with Crippen molar-refractivity contribution in [2.45, 2.75) is 101 Å². The van der Waals surface area contributed by atoms with Gasteiger partial charge in [-0.15, -0.1) is 0 Å². The van der Waals surface area contributed by atoms with Gasteiger partial charge in [0.2, 0.25) is 0 Å². The molecule has 0 N–H and O–H groups in total. The second-order valence-electron chi connectivity index (χ2n) is 10.8. The van der Waals surface area contributed by atoms with Gasteiger partial charge in [-0.05, 0) is 105 Å². The molecule has 0 aromatic heterocycles. The van der Waals surface area contributed by atoms with Crippen LogP contribution in [0.2, 0.25) is 0 Å². The molecule has 2 fully saturated rings. The van der Waals surface area contributed by atoms with Gasteiger partial charge in [0.1, 0.15) is 22.9 Å². The number of hydrogen-bond donors (Lipinski definition) is 0. The summed E-state index contributed by atoms with van der Waals surface area (Å²) in [6.07, 6.45) is -4.04. The van der Waals surface area contributed by atoms with Gasteiger partial charge < -0.3 is 9.47 Å². The van der Waals surface area contributed by atoms with Crippen molar-refractivity contribution < 1.29 is 40.2 Å². The highest BCUT2D eigenvalue weighted by Crippen LogP contribution is 2.45. The summed E-state index contributed by atoms with van der Waals surface area (Å²) in [5.41, 5.74) is -0.678. The van der Waals surface area contributed by atoms with Gasteiger partial charge in [-0.25, -0.2) is 8.78 Å². The molecule has 0 radical (unpaired) electrons. The predicted molar refractivity (Wildman–Crippen MR) is 134 cm³/mol. The van der Waals surface area contributed by atoms with Crippen LogP contribution < -0.4 is 4.74 Å². The van der Waals surface area contributed by atoms with Crippen molar-refractivity contribution in [3.63, 3.8) is 0 Å². The smallest absolute Gasteiger partial charge is 0.422 e. The monoisotopic (exact) mass is 560 g/mol. The molecule has 2 nitrogen and oxygen atoms in total. The summed E-state index contributed by atoms with van der Waals surface area (Å²) in [5.74, 6) is -3.60. The van der Waals surface area contributed by atoms with Crippen molar-refractivity contribution in [3.8, 4) is 5.75 Å². The van der Waals surface area contributed by atoms with Crippen LogP contribution in [0, 0.1) is 17.6 Å². The van der Waals surface area contributed by atoms with Crippen molar-refractivity contribution in [3.05, 3.63) is 64.7 Å². The first-order chi connectivity index (χ1) is 18.5. The van der Waals surface area contributed by atoms with Gasteiger partial charge in [0.15, 0.2) is 0 Å². The van der Waals surface area contributed by atoms with E-state index < -0.39 is 47.4 Å². The van der Waals surface area contributed by atoms with E-state index in [4.69, 9.17) is 9.47 Å². The number of unbranched alkanes of at least 4 members (excludes halogenated alkanes) is 1. The first kappa shape index (κ1) is 29.7. The van der Waals surface area contributed by atoms with Gasteiger partial charge in [0.25, 0.3) is 0 Å². The summed E-state index contributed by atoms with van der Waals surface area (Å²) < 4.78 is 108. The zero-order valence-corrected chi connectivity index (χ0v) is 22.0. The molecule has 0 saturated heterocycles. The number of hydrogen-bond acceptors (Lipinski definition) is 2. The minimum atomic E-state index is -5.13. The summed E-state index contributed by atoms with van der Waals surface area (Å²) >= 11 is 0. The molecule has 0 bridgehead atoms. The van der Waals surface area contributed by atoms with E-state index in [9.17, 15) is 22.0 Å². The van der Waals surface area contributed by atoms with Crippen LogP contribution >= 0.6 is 0 Å². The lowest BCUT2D eigenvalue weighted by Crippen LogP contribution is -2.38. The zero-order chi connectivity index (χ0) is 28.2. The molecule has 0 aliphatic heterocycles. The van der Waals surface area contributed by atoms with Gasteiger partial charge in [-0.3, -0.25) is 0 Å². The first-order valence-corrected chi connectivity index (χ1v) is 13.8. The van der Waals surface area contributed by atoms with E-state index in [1.165, 1.54) is 0 Å². The van der Waals surface area contributed by atoms with E-state index in [1.54, 1.807) is 0 Å². The van der Waals surface area contributed by atoms with E-state index in [0.717, 1.165) is 24.2 Å². The molecule has 2 aliphatic carbocycles. The Balaban J connectivity index is 1.26.